The summed E-state index contributed by atoms with van der Waals surface area (Å²) in [5, 5.41) is 2.09. The quantitative estimate of drug-likeness (QED) is 0.207. The Morgan fingerprint density at radius 3 is 1.98 bits per heavy atom. The topological polar surface area (TPSA) is 43.9 Å². The van der Waals surface area contributed by atoms with Gasteiger partial charge in [0.1, 0.15) is 11.4 Å². The van der Waals surface area contributed by atoms with Gasteiger partial charge in [0, 0.05) is 28.1 Å². The molecule has 0 radical (unpaired) electrons. The fourth-order valence-corrected chi connectivity index (χ4v) is 6.47. The van der Waals surface area contributed by atoms with Crippen LogP contribution in [-0.2, 0) is 5.41 Å². The number of para-hydroxylation sites is 2. The average Bonchev–Trinajstić information content (AvgIpc) is 3.64. The van der Waals surface area contributed by atoms with Crippen molar-refractivity contribution >= 4 is 33.1 Å². The Balaban J connectivity index is 1.56. The Hall–Kier alpha value is -5.48. The summed E-state index contributed by atoms with van der Waals surface area (Å²) in [6, 6.07) is 42.9. The lowest BCUT2D eigenvalue weighted by molar-refractivity contribution is 0.590. The van der Waals surface area contributed by atoms with Gasteiger partial charge in [-0.2, -0.15) is 0 Å². The smallest absolute Gasteiger partial charge is 0.227 e. The molecule has 8 aromatic rings. The zero-order valence-electron chi connectivity index (χ0n) is 25.9. The van der Waals surface area contributed by atoms with Crippen LogP contribution in [0.15, 0.2) is 132 Å². The molecule has 4 nitrogen and oxygen atoms in total. The van der Waals surface area contributed by atoms with Gasteiger partial charge in [-0.1, -0.05) is 99.6 Å². The Morgan fingerprint density at radius 2 is 1.31 bits per heavy atom. The zero-order chi connectivity index (χ0) is 30.7. The monoisotopic (exact) mass is 583 g/mol. The van der Waals surface area contributed by atoms with Gasteiger partial charge in [-0.05, 0) is 77.1 Å². The molecule has 0 aliphatic carbocycles. The van der Waals surface area contributed by atoms with Crippen molar-refractivity contribution in [2.45, 2.75) is 33.1 Å². The molecular formula is C41H33N3O. The highest BCUT2D eigenvalue weighted by Gasteiger charge is 2.27. The molecule has 0 saturated heterocycles. The van der Waals surface area contributed by atoms with Gasteiger partial charge in [-0.3, -0.25) is 4.57 Å². The fraction of sp³-hybridized carbons (Fsp3) is 0.122. The maximum atomic E-state index is 6.53. The summed E-state index contributed by atoms with van der Waals surface area (Å²) >= 11 is 0. The summed E-state index contributed by atoms with van der Waals surface area (Å²) < 4.78 is 8.88. The van der Waals surface area contributed by atoms with Gasteiger partial charge < -0.3 is 4.42 Å². The first-order valence-corrected chi connectivity index (χ1v) is 15.4. The molecule has 0 unspecified atom stereocenters. The second-order valence-electron chi connectivity index (χ2n) is 12.8. The van der Waals surface area contributed by atoms with E-state index >= 15 is 0 Å². The summed E-state index contributed by atoms with van der Waals surface area (Å²) in [7, 11) is 0. The summed E-state index contributed by atoms with van der Waals surface area (Å²) in [6.07, 6.45) is 1.78. The van der Waals surface area contributed by atoms with E-state index in [9.17, 15) is 0 Å². The Labute approximate surface area is 262 Å². The van der Waals surface area contributed by atoms with E-state index < -0.39 is 0 Å². The third kappa shape index (κ3) is 4.44. The largest absolute Gasteiger partial charge is 0.437 e. The van der Waals surface area contributed by atoms with Gasteiger partial charge >= 0.3 is 0 Å². The fourth-order valence-electron chi connectivity index (χ4n) is 6.47. The first-order chi connectivity index (χ1) is 21.9. The van der Waals surface area contributed by atoms with E-state index in [0.717, 1.165) is 72.3 Å². The molecule has 0 atom stereocenters. The molecule has 0 amide bonds. The Kier molecular flexibility index (Phi) is 6.21. The van der Waals surface area contributed by atoms with Crippen molar-refractivity contribution in [2.75, 3.05) is 0 Å². The van der Waals surface area contributed by atoms with Gasteiger partial charge in [-0.15, -0.1) is 0 Å². The predicted octanol–water partition coefficient (Wildman–Crippen LogP) is 10.9. The van der Waals surface area contributed by atoms with Crippen molar-refractivity contribution in [3.63, 3.8) is 0 Å². The van der Waals surface area contributed by atoms with Crippen LogP contribution in [0.4, 0.5) is 0 Å². The van der Waals surface area contributed by atoms with E-state index in [4.69, 9.17) is 9.40 Å². The van der Waals surface area contributed by atoms with E-state index in [1.807, 2.05) is 6.07 Å². The first-order valence-electron chi connectivity index (χ1n) is 15.4. The van der Waals surface area contributed by atoms with E-state index in [1.54, 1.807) is 6.20 Å². The molecule has 0 spiro atoms. The number of rotatable bonds is 4. The molecule has 0 saturated carbocycles. The molecule has 0 fully saturated rings. The number of imidazole rings is 1. The SMILES string of the molecule is Cc1ccc(-c2nc3ccccc3n2-c2c(-c3ccccc3)cc(C(C)(C)C)cc2-c2ccccc2)c2oc3ncccc3c12. The van der Waals surface area contributed by atoms with E-state index in [-0.39, 0.29) is 5.41 Å². The number of aryl methyl sites for hydroxylation is 1. The number of pyridine rings is 1. The number of furan rings is 1. The van der Waals surface area contributed by atoms with Crippen LogP contribution in [-0.4, -0.2) is 14.5 Å². The van der Waals surface area contributed by atoms with Crippen LogP contribution in [0.1, 0.15) is 31.9 Å². The summed E-state index contributed by atoms with van der Waals surface area (Å²) in [6.45, 7) is 8.97. The van der Waals surface area contributed by atoms with Gasteiger partial charge in [-0.25, -0.2) is 9.97 Å². The highest BCUT2D eigenvalue weighted by Crippen LogP contribution is 2.45. The van der Waals surface area contributed by atoms with Crippen LogP contribution in [0.3, 0.4) is 0 Å². The molecular weight excluding hydrogens is 550 g/mol. The van der Waals surface area contributed by atoms with Crippen LogP contribution in [0.5, 0.6) is 0 Å². The normalized spacial score (nSPS) is 12.0. The van der Waals surface area contributed by atoms with Crippen LogP contribution >= 0.6 is 0 Å². The number of hydrogen-bond acceptors (Lipinski definition) is 3. The summed E-state index contributed by atoms with van der Waals surface area (Å²) in [5.74, 6) is 0.832. The summed E-state index contributed by atoms with van der Waals surface area (Å²) in [5.41, 5.74) is 12.4. The minimum Gasteiger partial charge on any atom is -0.437 e. The number of aromatic nitrogens is 3. The molecule has 0 bridgehead atoms. The van der Waals surface area contributed by atoms with E-state index in [2.05, 4.69) is 153 Å². The lowest BCUT2D eigenvalue weighted by atomic mass is 9.82. The lowest BCUT2D eigenvalue weighted by Gasteiger charge is -2.26. The molecule has 3 heterocycles. The number of nitrogens with zero attached hydrogens (tertiary/aromatic N) is 3. The molecule has 0 N–H and O–H groups in total. The van der Waals surface area contributed by atoms with E-state index in [0.29, 0.717) is 5.71 Å². The highest BCUT2D eigenvalue weighted by atomic mass is 16.3. The molecule has 45 heavy (non-hydrogen) atoms. The molecule has 0 aliphatic heterocycles. The molecule has 218 valence electrons. The van der Waals surface area contributed by atoms with Gasteiger partial charge in [0.25, 0.3) is 0 Å². The minimum atomic E-state index is -0.0597. The Morgan fingerprint density at radius 1 is 0.667 bits per heavy atom. The third-order valence-electron chi connectivity index (χ3n) is 8.78. The minimum absolute atomic E-state index is 0.0597. The van der Waals surface area contributed by atoms with Crippen LogP contribution in [0.2, 0.25) is 0 Å². The lowest BCUT2D eigenvalue weighted by Crippen LogP contribution is -2.13. The van der Waals surface area contributed by atoms with Crippen molar-refractivity contribution in [2.24, 2.45) is 0 Å². The maximum Gasteiger partial charge on any atom is 0.227 e. The molecule has 0 aliphatic rings. The first kappa shape index (κ1) is 27.1. The van der Waals surface area contributed by atoms with Gasteiger partial charge in [0.15, 0.2) is 0 Å². The number of hydrogen-bond donors (Lipinski definition) is 0. The zero-order valence-corrected chi connectivity index (χ0v) is 25.9. The molecule has 3 aromatic heterocycles. The molecule has 5 aromatic carbocycles. The second kappa shape index (κ2) is 10.3. The van der Waals surface area contributed by atoms with E-state index in [1.165, 1.54) is 5.56 Å². The van der Waals surface area contributed by atoms with Crippen molar-refractivity contribution in [3.8, 4) is 39.3 Å². The van der Waals surface area contributed by atoms with Gasteiger partial charge in [0.05, 0.1) is 22.3 Å². The van der Waals surface area contributed by atoms with Crippen molar-refractivity contribution in [3.05, 3.63) is 139 Å². The van der Waals surface area contributed by atoms with Crippen molar-refractivity contribution in [1.29, 1.82) is 0 Å². The van der Waals surface area contributed by atoms with Gasteiger partial charge in [0.2, 0.25) is 5.71 Å². The standard InChI is InChI=1S/C41H33N3O/c1-26-21-22-31(38-36(26)30-18-13-23-42-40(30)45-38)39-43-34-19-11-12-20-35(34)44(39)37-32(27-14-7-5-8-15-27)24-29(41(2,3)4)25-33(37)28-16-9-6-10-17-28/h5-25H,1-4H3. The molecule has 4 heteroatoms. The van der Waals surface area contributed by atoms with Crippen molar-refractivity contribution < 1.29 is 4.42 Å². The summed E-state index contributed by atoms with van der Waals surface area (Å²) in [4.78, 5) is 9.90. The van der Waals surface area contributed by atoms with Crippen LogP contribution in [0, 0.1) is 6.92 Å². The Bertz CT molecular complexity index is 2300. The highest BCUT2D eigenvalue weighted by molar-refractivity contribution is 6.10. The van der Waals surface area contributed by atoms with Crippen LogP contribution < -0.4 is 0 Å². The van der Waals surface area contributed by atoms with Crippen LogP contribution in [0.25, 0.3) is 72.4 Å². The second-order valence-corrected chi connectivity index (χ2v) is 12.8. The molecule has 8 rings (SSSR count). The van der Waals surface area contributed by atoms with Crippen molar-refractivity contribution in [1.82, 2.24) is 14.5 Å². The third-order valence-corrected chi connectivity index (χ3v) is 8.78. The average molecular weight is 584 g/mol. The maximum absolute atomic E-state index is 6.53. The predicted molar refractivity (Wildman–Crippen MR) is 186 cm³/mol. The number of benzene rings is 5. The number of fused-ring (bicyclic) bond motifs is 4.